The van der Waals surface area contributed by atoms with Crippen LogP contribution in [0.2, 0.25) is 0 Å². The second kappa shape index (κ2) is 32.5. The van der Waals surface area contributed by atoms with Gasteiger partial charge in [-0.05, 0) is 25.7 Å². The van der Waals surface area contributed by atoms with Gasteiger partial charge in [0, 0.05) is 12.8 Å². The molecule has 0 amide bonds. The molecule has 0 saturated carbocycles. The van der Waals surface area contributed by atoms with Crippen LogP contribution in [0.25, 0.3) is 0 Å². The van der Waals surface area contributed by atoms with E-state index in [1.807, 2.05) is 0 Å². The third-order valence-corrected chi connectivity index (χ3v) is 8.21. The van der Waals surface area contributed by atoms with Crippen molar-refractivity contribution in [2.24, 2.45) is 0 Å². The van der Waals surface area contributed by atoms with Crippen LogP contribution in [0.3, 0.4) is 0 Å². The fourth-order valence-electron chi connectivity index (χ4n) is 5.37. The summed E-state index contributed by atoms with van der Waals surface area (Å²) in [6.07, 6.45) is 23.3. The first-order chi connectivity index (χ1) is 22.1. The maximum absolute atomic E-state index is 6.68. The smallest absolute Gasteiger partial charge is 0.223 e. The first-order valence-electron chi connectivity index (χ1n) is 18.6. The van der Waals surface area contributed by atoms with E-state index in [0.29, 0.717) is 24.7 Å². The van der Waals surface area contributed by atoms with E-state index in [1.54, 1.807) is 28.4 Å². The lowest BCUT2D eigenvalue weighted by Crippen LogP contribution is -2.33. The van der Waals surface area contributed by atoms with Crippen LogP contribution >= 0.6 is 0 Å². The Hall–Kier alpha value is -1.44. The Bertz CT molecular complexity index is 648. The molecule has 0 aromatic rings. The Morgan fingerprint density at radius 3 is 1.00 bits per heavy atom. The minimum absolute atomic E-state index is 0.557. The molecular weight excluding hydrogens is 568 g/mol. The van der Waals surface area contributed by atoms with Crippen LogP contribution in [0.5, 0.6) is 0 Å². The molecule has 45 heavy (non-hydrogen) atoms. The van der Waals surface area contributed by atoms with E-state index in [9.17, 15) is 0 Å². The molecule has 2 unspecified atom stereocenters. The number of unbranched alkanes of at least 4 members (excludes halogenated alkanes) is 16. The van der Waals surface area contributed by atoms with E-state index >= 15 is 0 Å². The third-order valence-electron chi connectivity index (χ3n) is 8.21. The molecule has 0 aliphatic rings. The van der Waals surface area contributed by atoms with Crippen LogP contribution in [-0.4, -0.2) is 54.2 Å². The molecule has 0 N–H and O–H groups in total. The highest BCUT2D eigenvalue weighted by atomic mass is 16.8. The summed E-state index contributed by atoms with van der Waals surface area (Å²) in [5, 5.41) is 0. The van der Waals surface area contributed by atoms with Crippen molar-refractivity contribution < 1.29 is 33.2 Å². The van der Waals surface area contributed by atoms with Gasteiger partial charge in [-0.1, -0.05) is 130 Å². The Kier molecular flexibility index (Phi) is 31.5. The molecule has 0 rings (SSSR count). The minimum Gasteiger partial charge on any atom is -0.497 e. The van der Waals surface area contributed by atoms with Gasteiger partial charge in [-0.25, -0.2) is 0 Å². The molecule has 0 bridgehead atoms. The van der Waals surface area contributed by atoms with Crippen LogP contribution in [-0.2, 0) is 33.2 Å². The lowest BCUT2D eigenvalue weighted by atomic mass is 10.1. The van der Waals surface area contributed by atoms with Crippen LogP contribution in [0, 0.1) is 0 Å². The van der Waals surface area contributed by atoms with Crippen molar-refractivity contribution in [1.82, 2.24) is 0 Å². The van der Waals surface area contributed by atoms with Gasteiger partial charge < -0.3 is 33.2 Å². The summed E-state index contributed by atoms with van der Waals surface area (Å²) >= 11 is 0. The van der Waals surface area contributed by atoms with Crippen LogP contribution in [0.1, 0.15) is 169 Å². The van der Waals surface area contributed by atoms with Gasteiger partial charge >= 0.3 is 0 Å². The molecule has 0 radical (unpaired) electrons. The highest BCUT2D eigenvalue weighted by Gasteiger charge is 2.31. The number of hydrogen-bond acceptors (Lipinski definition) is 7. The molecule has 0 aromatic carbocycles. The summed E-state index contributed by atoms with van der Waals surface area (Å²) in [6.45, 7) is 10.0. The van der Waals surface area contributed by atoms with E-state index < -0.39 is 12.6 Å². The first-order valence-corrected chi connectivity index (χ1v) is 18.6. The van der Waals surface area contributed by atoms with E-state index in [0.717, 1.165) is 88.6 Å². The standard InChI is InChI=1S/C38H74O7/c1-9-13-17-19-21-23-27-31-43-37(35(41-7)33(39-5)29-25-15-11-3)45-38(44-32-28-24-22-20-18-14-10-2)36(42-8)34(40-6)30-26-16-12-4/h37-38H,9-32H2,1-8H3. The third kappa shape index (κ3) is 21.9. The summed E-state index contributed by atoms with van der Waals surface area (Å²) in [5.41, 5.74) is 0. The molecule has 0 aromatic heterocycles. The minimum atomic E-state index is -0.801. The monoisotopic (exact) mass is 643 g/mol. The van der Waals surface area contributed by atoms with Gasteiger partial charge in [-0.15, -0.1) is 0 Å². The van der Waals surface area contributed by atoms with Gasteiger partial charge in [-0.3, -0.25) is 0 Å². The molecule has 0 aliphatic carbocycles. The summed E-state index contributed by atoms with van der Waals surface area (Å²) < 4.78 is 43.2. The SMILES string of the molecule is CCCCCCCCCOC(OC(OCCCCCCCCC)C(OC)=C(CCCCC)OC)C(OC)=C(CCCCC)OC. The summed E-state index contributed by atoms with van der Waals surface area (Å²) in [7, 11) is 6.71. The largest absolute Gasteiger partial charge is 0.497 e. The molecule has 0 aliphatic heterocycles. The zero-order chi connectivity index (χ0) is 33.4. The lowest BCUT2D eigenvalue weighted by molar-refractivity contribution is -0.240. The van der Waals surface area contributed by atoms with Crippen LogP contribution in [0.15, 0.2) is 23.0 Å². The average Bonchev–Trinajstić information content (AvgIpc) is 3.05. The Morgan fingerprint density at radius 1 is 0.378 bits per heavy atom. The van der Waals surface area contributed by atoms with Crippen molar-refractivity contribution in [2.75, 3.05) is 41.7 Å². The van der Waals surface area contributed by atoms with Crippen LogP contribution < -0.4 is 0 Å². The van der Waals surface area contributed by atoms with Crippen molar-refractivity contribution in [3.63, 3.8) is 0 Å². The van der Waals surface area contributed by atoms with Gasteiger partial charge in [0.25, 0.3) is 0 Å². The van der Waals surface area contributed by atoms with Gasteiger partial charge in [0.05, 0.1) is 41.7 Å². The van der Waals surface area contributed by atoms with Crippen molar-refractivity contribution >= 4 is 0 Å². The first kappa shape index (κ1) is 43.6. The fourth-order valence-corrected chi connectivity index (χ4v) is 5.37. The zero-order valence-electron chi connectivity index (χ0n) is 31.0. The van der Waals surface area contributed by atoms with Gasteiger partial charge in [0.2, 0.25) is 12.6 Å². The maximum atomic E-state index is 6.68. The van der Waals surface area contributed by atoms with E-state index in [-0.39, 0.29) is 0 Å². The molecule has 7 heteroatoms. The number of hydrogen-bond donors (Lipinski definition) is 0. The molecule has 268 valence electrons. The molecular formula is C38H74O7. The molecule has 0 saturated heterocycles. The second-order valence-electron chi connectivity index (χ2n) is 12.1. The quantitative estimate of drug-likeness (QED) is 0.0393. The van der Waals surface area contributed by atoms with E-state index in [4.69, 9.17) is 33.2 Å². The molecule has 2 atom stereocenters. The Labute approximate surface area is 279 Å². The molecule has 0 spiro atoms. The van der Waals surface area contributed by atoms with E-state index in [2.05, 4.69) is 27.7 Å². The summed E-state index contributed by atoms with van der Waals surface area (Å²) in [4.78, 5) is 0. The lowest BCUT2D eigenvalue weighted by Gasteiger charge is -2.29. The van der Waals surface area contributed by atoms with Crippen molar-refractivity contribution in [3.8, 4) is 0 Å². The molecule has 7 nitrogen and oxygen atoms in total. The van der Waals surface area contributed by atoms with E-state index in [1.165, 1.54) is 64.2 Å². The van der Waals surface area contributed by atoms with Crippen molar-refractivity contribution in [3.05, 3.63) is 23.0 Å². The van der Waals surface area contributed by atoms with Crippen molar-refractivity contribution in [2.45, 2.75) is 182 Å². The number of allylic oxidation sites excluding steroid dienone is 2. The molecule has 0 fully saturated rings. The van der Waals surface area contributed by atoms with Crippen molar-refractivity contribution in [1.29, 1.82) is 0 Å². The topological polar surface area (TPSA) is 64.6 Å². The normalized spacial score (nSPS) is 14.0. The number of methoxy groups -OCH3 is 4. The van der Waals surface area contributed by atoms with Gasteiger partial charge in [-0.2, -0.15) is 0 Å². The summed E-state index contributed by atoms with van der Waals surface area (Å²) in [5.74, 6) is 2.61. The fraction of sp³-hybridized carbons (Fsp3) is 0.895. The molecule has 0 heterocycles. The highest BCUT2D eigenvalue weighted by Crippen LogP contribution is 2.27. The van der Waals surface area contributed by atoms with Gasteiger partial charge in [0.1, 0.15) is 11.5 Å². The number of ether oxygens (including phenoxy) is 7. The average molecular weight is 643 g/mol. The summed E-state index contributed by atoms with van der Waals surface area (Å²) in [6, 6.07) is 0. The number of rotatable bonds is 34. The Morgan fingerprint density at radius 2 is 0.689 bits per heavy atom. The second-order valence-corrected chi connectivity index (χ2v) is 12.1. The maximum Gasteiger partial charge on any atom is 0.223 e. The highest BCUT2D eigenvalue weighted by molar-refractivity contribution is 5.08. The predicted octanol–water partition coefficient (Wildman–Crippen LogP) is 11.4. The van der Waals surface area contributed by atoms with Crippen LogP contribution in [0.4, 0.5) is 0 Å². The predicted molar refractivity (Wildman–Crippen MR) is 187 cm³/mol. The van der Waals surface area contributed by atoms with Gasteiger partial charge in [0.15, 0.2) is 11.5 Å². The zero-order valence-corrected chi connectivity index (χ0v) is 31.0. The Balaban J connectivity index is 6.03.